The van der Waals surface area contributed by atoms with Crippen molar-refractivity contribution in [2.75, 3.05) is 26.7 Å². The molecular formula is C28H29F7N4O4. The summed E-state index contributed by atoms with van der Waals surface area (Å²) in [4.78, 5) is 27.7. The number of fused-ring (bicyclic) bond motifs is 2. The van der Waals surface area contributed by atoms with E-state index in [9.17, 15) is 30.7 Å². The number of carbonyl (C=O) groups is 2. The molecule has 0 saturated carbocycles. The standard InChI is InChI=1S/C24H27FN4.2C2HF3O2/c1-27-15-16-29-22(20-5-3-2-4-6-20)17-26-23(29)24(27)11-13-28(14-12-24)18-19-7-9-21(25)10-8-19;2*3-2(4,5)1(6)7/h2-10,17H,11-16,18H2,1H3;2*(H,6,7). The molecule has 3 aromatic rings. The smallest absolute Gasteiger partial charge is 0.475 e. The second-order valence-electron chi connectivity index (χ2n) is 9.95. The molecule has 1 aromatic heterocycles. The van der Waals surface area contributed by atoms with Crippen LogP contribution in [0.2, 0.25) is 0 Å². The predicted molar refractivity (Wildman–Crippen MR) is 140 cm³/mol. The minimum atomic E-state index is -5.08. The Bertz CT molecular complexity index is 1340. The van der Waals surface area contributed by atoms with E-state index in [4.69, 9.17) is 24.8 Å². The zero-order valence-electron chi connectivity index (χ0n) is 22.9. The lowest BCUT2D eigenvalue weighted by Gasteiger charge is -2.49. The number of benzene rings is 2. The molecule has 2 N–H and O–H groups in total. The molecule has 0 bridgehead atoms. The largest absolute Gasteiger partial charge is 0.490 e. The van der Waals surface area contributed by atoms with Gasteiger partial charge >= 0.3 is 24.3 Å². The first kappa shape index (κ1) is 33.5. The minimum Gasteiger partial charge on any atom is -0.475 e. The number of halogens is 7. The Kier molecular flexibility index (Phi) is 10.6. The van der Waals surface area contributed by atoms with Gasteiger partial charge in [-0.3, -0.25) is 9.80 Å². The Morgan fingerprint density at radius 2 is 1.35 bits per heavy atom. The van der Waals surface area contributed by atoms with Crippen molar-refractivity contribution in [1.29, 1.82) is 0 Å². The average Bonchev–Trinajstić information content (AvgIpc) is 3.39. The second kappa shape index (κ2) is 13.5. The van der Waals surface area contributed by atoms with E-state index in [0.717, 1.165) is 45.6 Å². The van der Waals surface area contributed by atoms with Gasteiger partial charge in [-0.1, -0.05) is 42.5 Å². The number of imidazole rings is 1. The fourth-order valence-electron chi connectivity index (χ4n) is 4.98. The lowest BCUT2D eigenvalue weighted by Crippen LogP contribution is -2.56. The summed E-state index contributed by atoms with van der Waals surface area (Å²) in [6.45, 7) is 4.95. The van der Waals surface area contributed by atoms with Gasteiger partial charge in [0.1, 0.15) is 11.6 Å². The van der Waals surface area contributed by atoms with E-state index in [1.54, 1.807) is 12.1 Å². The van der Waals surface area contributed by atoms with E-state index in [1.807, 2.05) is 12.1 Å². The van der Waals surface area contributed by atoms with Crippen LogP contribution >= 0.6 is 0 Å². The Balaban J connectivity index is 0.000000303. The van der Waals surface area contributed by atoms with Crippen molar-refractivity contribution in [3.8, 4) is 11.3 Å². The normalized spacial score (nSPS) is 16.7. The van der Waals surface area contributed by atoms with Crippen LogP contribution in [0.1, 0.15) is 24.2 Å². The van der Waals surface area contributed by atoms with Crippen LogP contribution < -0.4 is 0 Å². The summed E-state index contributed by atoms with van der Waals surface area (Å²) in [6.07, 6.45) is -5.98. The van der Waals surface area contributed by atoms with Crippen molar-refractivity contribution in [3.05, 3.63) is 78.0 Å². The van der Waals surface area contributed by atoms with Crippen LogP contribution in [0.15, 0.2) is 60.8 Å². The third-order valence-corrected chi connectivity index (χ3v) is 7.22. The number of rotatable bonds is 3. The lowest BCUT2D eigenvalue weighted by atomic mass is 9.83. The maximum Gasteiger partial charge on any atom is 0.490 e. The summed E-state index contributed by atoms with van der Waals surface area (Å²) in [7, 11) is 2.25. The van der Waals surface area contributed by atoms with Crippen molar-refractivity contribution in [1.82, 2.24) is 19.4 Å². The molecule has 0 amide bonds. The van der Waals surface area contributed by atoms with Gasteiger partial charge in [0.2, 0.25) is 0 Å². The molecule has 0 unspecified atom stereocenters. The van der Waals surface area contributed by atoms with Gasteiger partial charge in [-0.25, -0.2) is 19.0 Å². The van der Waals surface area contributed by atoms with E-state index < -0.39 is 24.3 Å². The quantitative estimate of drug-likeness (QED) is 0.380. The summed E-state index contributed by atoms with van der Waals surface area (Å²) < 4.78 is 79.1. The van der Waals surface area contributed by atoms with Gasteiger partial charge in [0.05, 0.1) is 17.4 Å². The van der Waals surface area contributed by atoms with Crippen molar-refractivity contribution in [2.24, 2.45) is 0 Å². The van der Waals surface area contributed by atoms with Crippen LogP contribution in [0.3, 0.4) is 0 Å². The molecule has 2 aliphatic heterocycles. The number of likely N-dealkylation sites (N-methyl/N-ethyl adjacent to an activating group) is 1. The van der Waals surface area contributed by atoms with Gasteiger partial charge in [0.25, 0.3) is 0 Å². The molecule has 8 nitrogen and oxygen atoms in total. The predicted octanol–water partition coefficient (Wildman–Crippen LogP) is 5.39. The molecule has 5 rings (SSSR count). The summed E-state index contributed by atoms with van der Waals surface area (Å²) >= 11 is 0. The first-order valence-corrected chi connectivity index (χ1v) is 12.9. The highest BCUT2D eigenvalue weighted by Gasteiger charge is 2.45. The lowest BCUT2D eigenvalue weighted by molar-refractivity contribution is -0.193. The Morgan fingerprint density at radius 3 is 1.84 bits per heavy atom. The Hall–Kier alpha value is -3.98. The van der Waals surface area contributed by atoms with Gasteiger partial charge in [-0.05, 0) is 43.1 Å². The van der Waals surface area contributed by atoms with Gasteiger partial charge in [-0.15, -0.1) is 0 Å². The van der Waals surface area contributed by atoms with E-state index in [-0.39, 0.29) is 11.4 Å². The number of hydrogen-bond acceptors (Lipinski definition) is 5. The van der Waals surface area contributed by atoms with Crippen LogP contribution in [-0.2, 0) is 28.2 Å². The highest BCUT2D eigenvalue weighted by molar-refractivity contribution is 5.73. The zero-order valence-corrected chi connectivity index (χ0v) is 22.9. The highest BCUT2D eigenvalue weighted by atomic mass is 19.4. The van der Waals surface area contributed by atoms with Crippen molar-refractivity contribution in [3.63, 3.8) is 0 Å². The van der Waals surface area contributed by atoms with E-state index >= 15 is 0 Å². The van der Waals surface area contributed by atoms with E-state index in [1.165, 1.54) is 22.6 Å². The maximum absolute atomic E-state index is 13.2. The number of aliphatic carboxylic acids is 2. The fraction of sp³-hybridized carbons (Fsp3) is 0.393. The molecule has 0 aliphatic carbocycles. The first-order valence-electron chi connectivity index (χ1n) is 12.9. The van der Waals surface area contributed by atoms with Crippen molar-refractivity contribution >= 4 is 11.9 Å². The number of hydrogen-bond donors (Lipinski definition) is 2. The molecule has 0 atom stereocenters. The van der Waals surface area contributed by atoms with Crippen molar-refractivity contribution < 1.29 is 50.5 Å². The number of likely N-dealkylation sites (tertiary alicyclic amines) is 1. The van der Waals surface area contributed by atoms with Gasteiger partial charge < -0.3 is 14.8 Å². The number of alkyl halides is 6. The topological polar surface area (TPSA) is 98.9 Å². The number of aromatic nitrogens is 2. The van der Waals surface area contributed by atoms with E-state index in [0.29, 0.717) is 0 Å². The monoisotopic (exact) mass is 618 g/mol. The van der Waals surface area contributed by atoms with Gasteiger partial charge in [0.15, 0.2) is 0 Å². The Labute approximate surface area is 242 Å². The van der Waals surface area contributed by atoms with Crippen LogP contribution in [0.4, 0.5) is 30.7 Å². The van der Waals surface area contributed by atoms with Crippen LogP contribution in [0, 0.1) is 5.82 Å². The SMILES string of the molecule is CN1CCn2c(-c3ccccc3)cnc2C12CCN(Cc1ccc(F)cc1)CC2.O=C(O)C(F)(F)F.O=C(O)C(F)(F)F. The van der Waals surface area contributed by atoms with E-state index in [2.05, 4.69) is 57.9 Å². The van der Waals surface area contributed by atoms with Crippen LogP contribution in [0.25, 0.3) is 11.3 Å². The summed E-state index contributed by atoms with van der Waals surface area (Å²) in [5, 5.41) is 14.2. The van der Waals surface area contributed by atoms with Crippen LogP contribution in [-0.4, -0.2) is 80.5 Å². The molecule has 1 spiro atoms. The molecule has 15 heteroatoms. The number of piperidine rings is 1. The molecule has 2 aromatic carbocycles. The zero-order chi connectivity index (χ0) is 32.0. The molecule has 43 heavy (non-hydrogen) atoms. The van der Waals surface area contributed by atoms with Gasteiger partial charge in [-0.2, -0.15) is 26.3 Å². The third kappa shape index (κ3) is 8.54. The van der Waals surface area contributed by atoms with Gasteiger partial charge in [0, 0.05) is 32.7 Å². The maximum atomic E-state index is 13.2. The molecular weight excluding hydrogens is 589 g/mol. The first-order chi connectivity index (χ1) is 20.0. The van der Waals surface area contributed by atoms with Crippen LogP contribution in [0.5, 0.6) is 0 Å². The summed E-state index contributed by atoms with van der Waals surface area (Å²) in [5.41, 5.74) is 3.64. The fourth-order valence-corrected chi connectivity index (χ4v) is 4.98. The minimum absolute atomic E-state index is 0.00454. The molecule has 2 aliphatic rings. The highest BCUT2D eigenvalue weighted by Crippen LogP contribution is 2.41. The third-order valence-electron chi connectivity index (χ3n) is 7.22. The Morgan fingerprint density at radius 1 is 0.837 bits per heavy atom. The number of carboxylic acid groups (broad SMARTS) is 2. The molecule has 0 radical (unpaired) electrons. The molecule has 3 heterocycles. The molecule has 1 fully saturated rings. The average molecular weight is 619 g/mol. The summed E-state index contributed by atoms with van der Waals surface area (Å²) in [5.74, 6) is -4.47. The number of nitrogens with zero attached hydrogens (tertiary/aromatic N) is 4. The van der Waals surface area contributed by atoms with Crippen molar-refractivity contribution in [2.45, 2.75) is 43.8 Å². The molecule has 1 saturated heterocycles. The second-order valence-corrected chi connectivity index (χ2v) is 9.95. The molecule has 234 valence electrons. The number of carboxylic acids is 2. The summed E-state index contributed by atoms with van der Waals surface area (Å²) in [6, 6.07) is 17.5.